The maximum atomic E-state index is 13.5. The van der Waals surface area contributed by atoms with Crippen LogP contribution in [0.5, 0.6) is 0 Å². The van der Waals surface area contributed by atoms with E-state index in [0.717, 1.165) is 47.9 Å². The number of allylic oxidation sites excluding steroid dienone is 1. The van der Waals surface area contributed by atoms with Gasteiger partial charge in [-0.15, -0.1) is 0 Å². The Morgan fingerprint density at radius 3 is 2.37 bits per heavy atom. The van der Waals surface area contributed by atoms with Crippen LogP contribution in [0.25, 0.3) is 0 Å². The molecular formula is C30H40N4O3S. The number of carbonyl (C=O) groups excluding carboxylic acids is 2. The molecule has 1 atom stereocenters. The van der Waals surface area contributed by atoms with Gasteiger partial charge < -0.3 is 19.4 Å². The van der Waals surface area contributed by atoms with Crippen LogP contribution in [-0.4, -0.2) is 70.1 Å². The van der Waals surface area contributed by atoms with E-state index in [-0.39, 0.29) is 24.0 Å². The molecule has 0 radical (unpaired) electrons. The average molecular weight is 537 g/mol. The molecule has 1 aromatic rings. The van der Waals surface area contributed by atoms with Crippen molar-refractivity contribution in [2.75, 3.05) is 26.2 Å². The molecule has 5 rings (SSSR count). The summed E-state index contributed by atoms with van der Waals surface area (Å²) >= 11 is 1.53. The number of aliphatic imine (C=N–C) groups is 1. The minimum atomic E-state index is -0.381. The molecule has 0 saturated carbocycles. The number of rotatable bonds is 6. The summed E-state index contributed by atoms with van der Waals surface area (Å²) in [6, 6.07) is 8.47. The summed E-state index contributed by atoms with van der Waals surface area (Å²) in [7, 11) is 0. The number of aryl methyl sites for hydroxylation is 1. The third kappa shape index (κ3) is 5.71. The molecule has 4 aliphatic heterocycles. The molecule has 1 unspecified atom stereocenters. The Morgan fingerprint density at radius 1 is 1.03 bits per heavy atom. The molecule has 0 spiro atoms. The number of amidine groups is 1. The number of esters is 1. The molecule has 0 bridgehead atoms. The van der Waals surface area contributed by atoms with Crippen molar-refractivity contribution in [1.29, 1.82) is 0 Å². The molecule has 4 aliphatic rings. The van der Waals surface area contributed by atoms with Crippen molar-refractivity contribution in [2.24, 2.45) is 4.99 Å². The van der Waals surface area contributed by atoms with E-state index in [9.17, 15) is 9.59 Å². The zero-order valence-electron chi connectivity index (χ0n) is 23.1. The van der Waals surface area contributed by atoms with Gasteiger partial charge in [-0.25, -0.2) is 9.79 Å². The molecule has 204 valence electrons. The number of fused-ring (bicyclic) bond motifs is 1. The Labute approximate surface area is 231 Å². The number of thioether (sulfide) groups is 1. The normalized spacial score (nSPS) is 22.9. The Kier molecular flexibility index (Phi) is 8.29. The smallest absolute Gasteiger partial charge is 0.338 e. The maximum absolute atomic E-state index is 13.5. The predicted molar refractivity (Wildman–Crippen MR) is 152 cm³/mol. The molecular weight excluding hydrogens is 496 g/mol. The van der Waals surface area contributed by atoms with Crippen LogP contribution in [-0.2, 0) is 14.3 Å². The molecule has 4 heterocycles. The molecule has 0 N–H and O–H groups in total. The van der Waals surface area contributed by atoms with Crippen LogP contribution in [0.4, 0.5) is 0 Å². The average Bonchev–Trinajstić information content (AvgIpc) is 3.30. The standard InChI is InChI=1S/C30H40N4O3S/c1-20(2)37-29(36)27-22(4)31-30-34(28(27)23-10-8-21(3)9-11-23)25(19-38-30)18-26(35)33-16-12-24(13-17-33)32-14-6-5-7-15-32/h8-11,19-20,24,28H,5-7,12-18H2,1-4H3. The monoisotopic (exact) mass is 536 g/mol. The van der Waals surface area contributed by atoms with E-state index in [0.29, 0.717) is 23.7 Å². The van der Waals surface area contributed by atoms with E-state index in [2.05, 4.69) is 41.0 Å². The first-order valence-corrected chi connectivity index (χ1v) is 14.9. The van der Waals surface area contributed by atoms with Crippen LogP contribution >= 0.6 is 11.8 Å². The minimum Gasteiger partial charge on any atom is -0.459 e. The van der Waals surface area contributed by atoms with E-state index < -0.39 is 0 Å². The van der Waals surface area contributed by atoms with Gasteiger partial charge in [-0.1, -0.05) is 48.0 Å². The van der Waals surface area contributed by atoms with E-state index in [1.807, 2.05) is 31.1 Å². The molecule has 7 nitrogen and oxygen atoms in total. The van der Waals surface area contributed by atoms with Crippen LogP contribution in [0, 0.1) is 6.92 Å². The minimum absolute atomic E-state index is 0.149. The van der Waals surface area contributed by atoms with Crippen molar-refractivity contribution in [2.45, 2.75) is 84.4 Å². The van der Waals surface area contributed by atoms with Crippen LogP contribution in [0.3, 0.4) is 0 Å². The second-order valence-corrected chi connectivity index (χ2v) is 12.0. The number of amides is 1. The quantitative estimate of drug-likeness (QED) is 0.455. The first kappa shape index (κ1) is 27.0. The van der Waals surface area contributed by atoms with Gasteiger partial charge in [0.25, 0.3) is 0 Å². The lowest BCUT2D eigenvalue weighted by atomic mass is 9.93. The Hall–Kier alpha value is -2.58. The number of likely N-dealkylation sites (tertiary alicyclic amines) is 2. The van der Waals surface area contributed by atoms with Crippen molar-refractivity contribution < 1.29 is 14.3 Å². The highest BCUT2D eigenvalue weighted by Gasteiger charge is 2.41. The van der Waals surface area contributed by atoms with Gasteiger partial charge in [0.15, 0.2) is 5.17 Å². The number of nitrogens with zero attached hydrogens (tertiary/aromatic N) is 4. The zero-order chi connectivity index (χ0) is 26.8. The van der Waals surface area contributed by atoms with Gasteiger partial charge >= 0.3 is 5.97 Å². The molecule has 2 saturated heterocycles. The van der Waals surface area contributed by atoms with Crippen molar-refractivity contribution in [3.05, 3.63) is 57.8 Å². The molecule has 1 amide bonds. The Bertz CT molecular complexity index is 1140. The lowest BCUT2D eigenvalue weighted by Crippen LogP contribution is -2.48. The van der Waals surface area contributed by atoms with Crippen LogP contribution in [0.2, 0.25) is 0 Å². The summed E-state index contributed by atoms with van der Waals surface area (Å²) in [5, 5.41) is 2.84. The molecule has 8 heteroatoms. The van der Waals surface area contributed by atoms with Gasteiger partial charge in [-0.3, -0.25) is 4.79 Å². The van der Waals surface area contributed by atoms with E-state index in [1.54, 1.807) is 0 Å². The third-order valence-corrected chi connectivity index (χ3v) is 8.90. The second-order valence-electron chi connectivity index (χ2n) is 11.1. The lowest BCUT2D eigenvalue weighted by molar-refractivity contribution is -0.143. The highest BCUT2D eigenvalue weighted by atomic mass is 32.2. The van der Waals surface area contributed by atoms with Gasteiger partial charge in [0.1, 0.15) is 0 Å². The number of hydrogen-bond donors (Lipinski definition) is 0. The van der Waals surface area contributed by atoms with E-state index in [4.69, 9.17) is 9.73 Å². The predicted octanol–water partition coefficient (Wildman–Crippen LogP) is 5.39. The first-order valence-electron chi connectivity index (χ1n) is 14.1. The zero-order valence-corrected chi connectivity index (χ0v) is 23.9. The summed E-state index contributed by atoms with van der Waals surface area (Å²) in [5.41, 5.74) is 4.24. The van der Waals surface area contributed by atoms with E-state index in [1.165, 1.54) is 44.1 Å². The number of benzene rings is 1. The number of carbonyl (C=O) groups is 2. The largest absolute Gasteiger partial charge is 0.459 e. The van der Waals surface area contributed by atoms with Gasteiger partial charge in [0.2, 0.25) is 5.91 Å². The molecule has 0 aromatic heterocycles. The summed E-state index contributed by atoms with van der Waals surface area (Å²) in [6.45, 7) is 11.7. The van der Waals surface area contributed by atoms with Crippen LogP contribution < -0.4 is 0 Å². The van der Waals surface area contributed by atoms with Crippen LogP contribution in [0.15, 0.2) is 51.6 Å². The third-order valence-electron chi connectivity index (χ3n) is 8.01. The van der Waals surface area contributed by atoms with Crippen molar-refractivity contribution >= 4 is 28.8 Å². The van der Waals surface area contributed by atoms with Gasteiger partial charge in [0.05, 0.1) is 29.8 Å². The highest BCUT2D eigenvalue weighted by Crippen LogP contribution is 2.45. The number of piperidine rings is 2. The van der Waals surface area contributed by atoms with Crippen molar-refractivity contribution in [3.63, 3.8) is 0 Å². The fraction of sp³-hybridized carbons (Fsp3) is 0.567. The fourth-order valence-electron chi connectivity index (χ4n) is 6.00. The highest BCUT2D eigenvalue weighted by molar-refractivity contribution is 8.16. The van der Waals surface area contributed by atoms with Crippen molar-refractivity contribution in [1.82, 2.24) is 14.7 Å². The van der Waals surface area contributed by atoms with Crippen molar-refractivity contribution in [3.8, 4) is 0 Å². The molecule has 2 fully saturated rings. The maximum Gasteiger partial charge on any atom is 0.338 e. The fourth-order valence-corrected chi connectivity index (χ4v) is 6.97. The molecule has 0 aliphatic carbocycles. The SMILES string of the molecule is CC1=C(C(=O)OC(C)C)C(c2ccc(C)cc2)N2C(CC(=O)N3CCC(N4CCCCC4)CC3)=CSC2=N1. The number of ether oxygens (including phenoxy) is 1. The second kappa shape index (κ2) is 11.7. The summed E-state index contributed by atoms with van der Waals surface area (Å²) in [4.78, 5) is 38.4. The summed E-state index contributed by atoms with van der Waals surface area (Å²) in [6.07, 6.45) is 6.11. The number of hydrogen-bond acceptors (Lipinski definition) is 7. The molecule has 1 aromatic carbocycles. The first-order chi connectivity index (χ1) is 18.3. The Balaban J connectivity index is 1.34. The van der Waals surface area contributed by atoms with E-state index >= 15 is 0 Å². The van der Waals surface area contributed by atoms with Gasteiger partial charge in [0, 0.05) is 24.8 Å². The van der Waals surface area contributed by atoms with Gasteiger partial charge in [-0.05, 0) is 77.4 Å². The lowest BCUT2D eigenvalue weighted by Gasteiger charge is -2.40. The van der Waals surface area contributed by atoms with Gasteiger partial charge in [-0.2, -0.15) is 0 Å². The molecule has 38 heavy (non-hydrogen) atoms. The summed E-state index contributed by atoms with van der Waals surface area (Å²) in [5.74, 6) is -0.205. The topological polar surface area (TPSA) is 65.5 Å². The Morgan fingerprint density at radius 2 is 1.71 bits per heavy atom. The van der Waals surface area contributed by atoms with Crippen LogP contribution in [0.1, 0.15) is 76.5 Å². The summed E-state index contributed by atoms with van der Waals surface area (Å²) < 4.78 is 5.66.